The van der Waals surface area contributed by atoms with Crippen molar-refractivity contribution in [1.29, 1.82) is 0 Å². The smallest absolute Gasteiger partial charge is 0.381 e. The zero-order valence-corrected chi connectivity index (χ0v) is 18.2. The molecule has 22 heavy (non-hydrogen) atoms. The van der Waals surface area contributed by atoms with E-state index in [1.54, 1.807) is 13.8 Å². The molecule has 12 heteroatoms. The molecule has 0 spiro atoms. The molecule has 2 atom stereocenters. The van der Waals surface area contributed by atoms with E-state index in [9.17, 15) is 9.59 Å². The second-order valence-electron chi connectivity index (χ2n) is 4.08. The molecule has 0 fully saturated rings. The van der Waals surface area contributed by atoms with E-state index >= 15 is 0 Å². The Balaban J connectivity index is 4.59. The van der Waals surface area contributed by atoms with Gasteiger partial charge in [0.25, 0.3) is 0 Å². The molecule has 0 aromatic rings. The van der Waals surface area contributed by atoms with Crippen LogP contribution in [-0.2, 0) is 19.1 Å². The minimum Gasteiger partial charge on any atom is -0.458 e. The summed E-state index contributed by atoms with van der Waals surface area (Å²) in [6.07, 6.45) is 2.46. The van der Waals surface area contributed by atoms with Gasteiger partial charge in [-0.05, 0) is 12.8 Å². The minimum atomic E-state index is -3.19. The third-order valence-corrected chi connectivity index (χ3v) is 9.24. The van der Waals surface area contributed by atoms with Gasteiger partial charge in [-0.25, -0.2) is 9.59 Å². The predicted molar refractivity (Wildman–Crippen MR) is 96.1 cm³/mol. The molecule has 0 saturated carbocycles. The first kappa shape index (κ1) is 22.9. The van der Waals surface area contributed by atoms with E-state index < -0.39 is 35.4 Å². The van der Waals surface area contributed by atoms with Crippen LogP contribution in [0.25, 0.3) is 0 Å². The summed E-state index contributed by atoms with van der Waals surface area (Å²) in [7, 11) is 0. The van der Waals surface area contributed by atoms with Crippen molar-refractivity contribution in [3.8, 4) is 0 Å². The molecular formula is C10H14Cl6O4Si2. The van der Waals surface area contributed by atoms with Crippen molar-refractivity contribution in [3.05, 3.63) is 12.2 Å². The largest absolute Gasteiger partial charge is 0.458 e. The molecule has 0 aliphatic heterocycles. The first-order valence-electron chi connectivity index (χ1n) is 6.14. The van der Waals surface area contributed by atoms with Gasteiger partial charge >= 0.3 is 23.9 Å². The number of hydrogen-bond acceptors (Lipinski definition) is 4. The molecule has 128 valence electrons. The SMILES string of the molecule is CCC(OC(=O)C=CC(=O)OC(CC)[Si](Cl)(Cl)Cl)[Si](Cl)(Cl)Cl. The summed E-state index contributed by atoms with van der Waals surface area (Å²) in [6.45, 7) is 3.42. The molecule has 0 bridgehead atoms. The molecule has 0 radical (unpaired) electrons. The van der Waals surface area contributed by atoms with Crippen molar-refractivity contribution in [1.82, 2.24) is 0 Å². The van der Waals surface area contributed by atoms with Gasteiger partial charge in [0, 0.05) is 12.2 Å². The highest BCUT2D eigenvalue weighted by molar-refractivity contribution is 7.65. The van der Waals surface area contributed by atoms with Gasteiger partial charge in [-0.2, -0.15) is 0 Å². The maximum atomic E-state index is 11.6. The van der Waals surface area contributed by atoms with Crippen LogP contribution in [0, 0.1) is 0 Å². The number of esters is 2. The zero-order valence-electron chi connectivity index (χ0n) is 11.6. The van der Waals surface area contributed by atoms with E-state index in [1.165, 1.54) is 0 Å². The Morgan fingerprint density at radius 3 is 1.27 bits per heavy atom. The van der Waals surface area contributed by atoms with E-state index in [0.717, 1.165) is 12.2 Å². The number of carbonyl (C=O) groups excluding carboxylic acids is 2. The van der Waals surface area contributed by atoms with E-state index in [4.69, 9.17) is 75.9 Å². The molecule has 0 rings (SSSR count). The van der Waals surface area contributed by atoms with Crippen molar-refractivity contribution in [2.75, 3.05) is 0 Å². The minimum absolute atomic E-state index is 0.351. The second-order valence-corrected chi connectivity index (χ2v) is 21.8. The number of halogens is 6. The number of rotatable bonds is 8. The van der Waals surface area contributed by atoms with Crippen molar-refractivity contribution >= 4 is 90.4 Å². The normalized spacial score (nSPS) is 15.5. The first-order chi connectivity index (χ1) is 9.91. The van der Waals surface area contributed by atoms with Crippen molar-refractivity contribution in [3.63, 3.8) is 0 Å². The van der Waals surface area contributed by atoms with Gasteiger partial charge in [-0.15, -0.1) is 66.5 Å². The lowest BCUT2D eigenvalue weighted by Gasteiger charge is -2.20. The topological polar surface area (TPSA) is 52.6 Å². The average Bonchev–Trinajstić information content (AvgIpc) is 2.36. The molecular weight excluding hydrogens is 453 g/mol. The van der Waals surface area contributed by atoms with Gasteiger partial charge in [0.15, 0.2) is 0 Å². The average molecular weight is 467 g/mol. The molecule has 4 nitrogen and oxygen atoms in total. The zero-order chi connectivity index (χ0) is 17.6. The van der Waals surface area contributed by atoms with Crippen LogP contribution >= 0.6 is 66.5 Å². The van der Waals surface area contributed by atoms with E-state index in [0.29, 0.717) is 12.8 Å². The molecule has 0 heterocycles. The highest BCUT2D eigenvalue weighted by atomic mass is 35.8. The Labute approximate surface area is 159 Å². The second kappa shape index (κ2) is 9.98. The van der Waals surface area contributed by atoms with Crippen molar-refractivity contribution in [2.24, 2.45) is 0 Å². The third-order valence-electron chi connectivity index (χ3n) is 2.34. The van der Waals surface area contributed by atoms with Crippen molar-refractivity contribution < 1.29 is 19.1 Å². The Morgan fingerprint density at radius 2 is 1.09 bits per heavy atom. The summed E-state index contributed by atoms with van der Waals surface area (Å²) in [5, 5.41) is 0. The van der Waals surface area contributed by atoms with Crippen molar-refractivity contribution in [2.45, 2.75) is 38.1 Å². The summed E-state index contributed by atoms with van der Waals surface area (Å²) in [5.41, 5.74) is -1.61. The highest BCUT2D eigenvalue weighted by Gasteiger charge is 2.39. The number of hydrogen-bond donors (Lipinski definition) is 0. The van der Waals surface area contributed by atoms with E-state index in [1.807, 2.05) is 0 Å². The summed E-state index contributed by atoms with van der Waals surface area (Å²) in [5.74, 6) is -1.64. The van der Waals surface area contributed by atoms with Gasteiger partial charge in [0.05, 0.1) is 0 Å². The summed E-state index contributed by atoms with van der Waals surface area (Å²) >= 11 is 34.7. The molecule has 0 aromatic carbocycles. The third kappa shape index (κ3) is 9.22. The Kier molecular flexibility index (Phi) is 10.4. The van der Waals surface area contributed by atoms with Crippen LogP contribution in [0.1, 0.15) is 26.7 Å². The first-order valence-corrected chi connectivity index (χ1v) is 16.4. The standard InChI is InChI=1S/C10H14Cl6O4Si2/c1-3-9(21(11,12)13)19-7(17)5-6-8(18)20-10(4-2)22(14,15)16/h5-6,9-10H,3-4H2,1-2H3. The van der Waals surface area contributed by atoms with Crippen LogP contribution in [0.4, 0.5) is 0 Å². The summed E-state index contributed by atoms with van der Waals surface area (Å²) in [4.78, 5) is 23.2. The van der Waals surface area contributed by atoms with Crippen LogP contribution in [-0.4, -0.2) is 35.4 Å². The Hall–Kier alpha value is 0.854. The van der Waals surface area contributed by atoms with Crippen LogP contribution in [0.3, 0.4) is 0 Å². The fourth-order valence-corrected chi connectivity index (χ4v) is 6.26. The van der Waals surface area contributed by atoms with E-state index in [-0.39, 0.29) is 0 Å². The van der Waals surface area contributed by atoms with Gasteiger partial charge in [-0.3, -0.25) is 0 Å². The number of carbonyl (C=O) groups is 2. The van der Waals surface area contributed by atoms with Gasteiger partial charge in [0.1, 0.15) is 11.5 Å². The maximum Gasteiger partial charge on any atom is 0.381 e. The fourth-order valence-electron chi connectivity index (χ4n) is 1.26. The van der Waals surface area contributed by atoms with Crippen LogP contribution in [0.15, 0.2) is 12.2 Å². The Morgan fingerprint density at radius 1 is 0.818 bits per heavy atom. The lowest BCUT2D eigenvalue weighted by Crippen LogP contribution is -2.35. The molecule has 0 aliphatic rings. The molecule has 0 aliphatic carbocycles. The molecule has 0 amide bonds. The molecule has 0 saturated heterocycles. The molecule has 0 aromatic heterocycles. The quantitative estimate of drug-likeness (QED) is 0.227. The maximum absolute atomic E-state index is 11.6. The monoisotopic (exact) mass is 464 g/mol. The predicted octanol–water partition coefficient (Wildman–Crippen LogP) is 4.58. The summed E-state index contributed by atoms with van der Waals surface area (Å²) in [6, 6.07) is -6.37. The fraction of sp³-hybridized carbons (Fsp3) is 0.600. The lowest BCUT2D eigenvalue weighted by atomic mass is 10.4. The highest BCUT2D eigenvalue weighted by Crippen LogP contribution is 2.29. The molecule has 2 unspecified atom stereocenters. The van der Waals surface area contributed by atoms with Crippen LogP contribution in [0.5, 0.6) is 0 Å². The van der Waals surface area contributed by atoms with Gasteiger partial charge in [-0.1, -0.05) is 13.8 Å². The molecule has 0 N–H and O–H groups in total. The van der Waals surface area contributed by atoms with Gasteiger partial charge in [0.2, 0.25) is 0 Å². The lowest BCUT2D eigenvalue weighted by molar-refractivity contribution is -0.142. The Bertz CT molecular complexity index is 383. The van der Waals surface area contributed by atoms with E-state index in [2.05, 4.69) is 0 Å². The number of ether oxygens (including phenoxy) is 2. The van der Waals surface area contributed by atoms with Crippen LogP contribution < -0.4 is 0 Å². The summed E-state index contributed by atoms with van der Waals surface area (Å²) < 4.78 is 9.95. The van der Waals surface area contributed by atoms with Crippen LogP contribution in [0.2, 0.25) is 0 Å². The van der Waals surface area contributed by atoms with Gasteiger partial charge < -0.3 is 9.47 Å².